The first kappa shape index (κ1) is 9.73. The molecular weight excluding hydrogens is 272 g/mol. The van der Waals surface area contributed by atoms with Gasteiger partial charge in [-0.3, -0.25) is 0 Å². The van der Waals surface area contributed by atoms with Gasteiger partial charge in [-0.25, -0.2) is 4.39 Å². The van der Waals surface area contributed by atoms with Gasteiger partial charge < -0.3 is 10.5 Å². The summed E-state index contributed by atoms with van der Waals surface area (Å²) in [5.74, 6) is -0.109. The standard InChI is InChI=1S/C8H9FINO/c1-12-8-5(4-11)2-6(10)3-7(8)9/h2-3H,4,11H2,1H3. The van der Waals surface area contributed by atoms with Crippen molar-refractivity contribution in [1.29, 1.82) is 0 Å². The van der Waals surface area contributed by atoms with Crippen LogP contribution in [0.5, 0.6) is 5.75 Å². The molecule has 12 heavy (non-hydrogen) atoms. The van der Waals surface area contributed by atoms with E-state index < -0.39 is 0 Å². The largest absolute Gasteiger partial charge is 0.493 e. The zero-order valence-corrected chi connectivity index (χ0v) is 8.76. The van der Waals surface area contributed by atoms with Crippen molar-refractivity contribution in [2.24, 2.45) is 5.73 Å². The van der Waals surface area contributed by atoms with Gasteiger partial charge in [0.1, 0.15) is 0 Å². The second kappa shape index (κ2) is 4.04. The lowest BCUT2D eigenvalue weighted by Gasteiger charge is -2.07. The molecule has 2 N–H and O–H groups in total. The first-order valence-electron chi connectivity index (χ1n) is 3.41. The van der Waals surface area contributed by atoms with E-state index in [-0.39, 0.29) is 18.1 Å². The van der Waals surface area contributed by atoms with Crippen molar-refractivity contribution in [2.45, 2.75) is 6.54 Å². The van der Waals surface area contributed by atoms with E-state index in [1.807, 2.05) is 28.7 Å². The Morgan fingerprint density at radius 1 is 1.58 bits per heavy atom. The Bertz CT molecular complexity index is 291. The van der Waals surface area contributed by atoms with Crippen LogP contribution in [0.15, 0.2) is 12.1 Å². The molecule has 0 atom stereocenters. The lowest BCUT2D eigenvalue weighted by atomic mass is 10.2. The van der Waals surface area contributed by atoms with Gasteiger partial charge in [-0.15, -0.1) is 0 Å². The van der Waals surface area contributed by atoms with Gasteiger partial charge in [-0.2, -0.15) is 0 Å². The highest BCUT2D eigenvalue weighted by atomic mass is 127. The maximum atomic E-state index is 13.1. The molecule has 0 aliphatic heterocycles. The summed E-state index contributed by atoms with van der Waals surface area (Å²) in [6, 6.07) is 3.22. The summed E-state index contributed by atoms with van der Waals surface area (Å²) < 4.78 is 18.8. The molecule has 0 amide bonds. The Labute approximate surface area is 84.0 Å². The summed E-state index contributed by atoms with van der Waals surface area (Å²) in [5.41, 5.74) is 6.11. The van der Waals surface area contributed by atoms with Gasteiger partial charge in [0, 0.05) is 15.7 Å². The van der Waals surface area contributed by atoms with Crippen molar-refractivity contribution in [2.75, 3.05) is 7.11 Å². The predicted octanol–water partition coefficient (Wildman–Crippen LogP) is 1.90. The highest BCUT2D eigenvalue weighted by molar-refractivity contribution is 14.1. The molecule has 0 fully saturated rings. The lowest BCUT2D eigenvalue weighted by Crippen LogP contribution is -2.02. The summed E-state index contributed by atoms with van der Waals surface area (Å²) in [6.07, 6.45) is 0. The number of hydrogen-bond donors (Lipinski definition) is 1. The van der Waals surface area contributed by atoms with Crippen LogP contribution >= 0.6 is 22.6 Å². The molecule has 0 spiro atoms. The Morgan fingerprint density at radius 2 is 2.25 bits per heavy atom. The summed E-state index contributed by atoms with van der Waals surface area (Å²) in [7, 11) is 1.43. The maximum Gasteiger partial charge on any atom is 0.166 e. The third kappa shape index (κ3) is 1.87. The van der Waals surface area contributed by atoms with E-state index in [1.165, 1.54) is 13.2 Å². The molecule has 2 nitrogen and oxygen atoms in total. The molecule has 1 aromatic rings. The van der Waals surface area contributed by atoms with Crippen molar-refractivity contribution >= 4 is 22.6 Å². The van der Waals surface area contributed by atoms with E-state index in [2.05, 4.69) is 0 Å². The van der Waals surface area contributed by atoms with E-state index in [4.69, 9.17) is 10.5 Å². The summed E-state index contributed by atoms with van der Waals surface area (Å²) >= 11 is 2.04. The number of halogens is 2. The molecular formula is C8H9FINO. The molecule has 0 radical (unpaired) electrons. The third-order valence-corrected chi connectivity index (χ3v) is 2.13. The van der Waals surface area contributed by atoms with Crippen LogP contribution in [-0.2, 0) is 6.54 Å². The molecule has 0 bridgehead atoms. The summed E-state index contributed by atoms with van der Waals surface area (Å²) in [6.45, 7) is 0.289. The molecule has 66 valence electrons. The minimum absolute atomic E-state index is 0.248. The molecule has 0 aromatic heterocycles. The number of rotatable bonds is 2. The van der Waals surface area contributed by atoms with Crippen LogP contribution in [0.4, 0.5) is 4.39 Å². The number of hydrogen-bond acceptors (Lipinski definition) is 2. The molecule has 0 unspecified atom stereocenters. The van der Waals surface area contributed by atoms with Gasteiger partial charge in [-0.1, -0.05) is 0 Å². The number of methoxy groups -OCH3 is 1. The van der Waals surface area contributed by atoms with E-state index in [0.717, 1.165) is 3.57 Å². The average molecular weight is 281 g/mol. The third-order valence-electron chi connectivity index (χ3n) is 1.51. The molecule has 1 rings (SSSR count). The fourth-order valence-electron chi connectivity index (χ4n) is 0.994. The number of nitrogens with two attached hydrogens (primary N) is 1. The van der Waals surface area contributed by atoms with Crippen LogP contribution in [0.25, 0.3) is 0 Å². The second-order valence-corrected chi connectivity index (χ2v) is 3.53. The van der Waals surface area contributed by atoms with Gasteiger partial charge in [0.2, 0.25) is 0 Å². The van der Waals surface area contributed by atoms with Crippen molar-refractivity contribution < 1.29 is 9.13 Å². The Balaban J connectivity index is 3.24. The SMILES string of the molecule is COc1c(F)cc(I)cc1CN. The van der Waals surface area contributed by atoms with Crippen LogP contribution < -0.4 is 10.5 Å². The Morgan fingerprint density at radius 3 is 2.75 bits per heavy atom. The molecule has 0 aliphatic rings. The van der Waals surface area contributed by atoms with Crippen molar-refractivity contribution in [3.05, 3.63) is 27.1 Å². The highest BCUT2D eigenvalue weighted by Gasteiger charge is 2.08. The quantitative estimate of drug-likeness (QED) is 0.840. The van der Waals surface area contributed by atoms with Crippen LogP contribution in [0, 0.1) is 9.39 Å². The van der Waals surface area contributed by atoms with Gasteiger partial charge in [0.05, 0.1) is 7.11 Å². The lowest BCUT2D eigenvalue weighted by molar-refractivity contribution is 0.381. The van der Waals surface area contributed by atoms with Crippen molar-refractivity contribution in [1.82, 2.24) is 0 Å². The van der Waals surface area contributed by atoms with Crippen LogP contribution in [-0.4, -0.2) is 7.11 Å². The van der Waals surface area contributed by atoms with E-state index in [1.54, 1.807) is 0 Å². The van der Waals surface area contributed by atoms with Gasteiger partial charge in [0.15, 0.2) is 11.6 Å². The first-order chi connectivity index (χ1) is 5.69. The minimum atomic E-state index is -0.357. The Hall–Kier alpha value is -0.360. The zero-order valence-electron chi connectivity index (χ0n) is 6.60. The monoisotopic (exact) mass is 281 g/mol. The van der Waals surface area contributed by atoms with Crippen LogP contribution in [0.3, 0.4) is 0 Å². The normalized spacial score (nSPS) is 10.0. The van der Waals surface area contributed by atoms with Crippen molar-refractivity contribution in [3.63, 3.8) is 0 Å². The second-order valence-electron chi connectivity index (χ2n) is 2.28. The maximum absolute atomic E-state index is 13.1. The van der Waals surface area contributed by atoms with Crippen molar-refractivity contribution in [3.8, 4) is 5.75 Å². The van der Waals surface area contributed by atoms with E-state index in [0.29, 0.717) is 5.56 Å². The molecule has 1 aromatic carbocycles. The van der Waals surface area contributed by atoms with Crippen LogP contribution in [0.1, 0.15) is 5.56 Å². The molecule has 0 saturated carbocycles. The fourth-order valence-corrected chi connectivity index (χ4v) is 1.64. The smallest absolute Gasteiger partial charge is 0.166 e. The number of ether oxygens (including phenoxy) is 1. The first-order valence-corrected chi connectivity index (χ1v) is 4.49. The van der Waals surface area contributed by atoms with Crippen LogP contribution in [0.2, 0.25) is 0 Å². The molecule has 0 heterocycles. The van der Waals surface area contributed by atoms with E-state index >= 15 is 0 Å². The van der Waals surface area contributed by atoms with Gasteiger partial charge in [0.25, 0.3) is 0 Å². The molecule has 0 saturated heterocycles. The summed E-state index contributed by atoms with van der Waals surface area (Å²) in [5, 5.41) is 0. The van der Waals surface area contributed by atoms with Gasteiger partial charge >= 0.3 is 0 Å². The average Bonchev–Trinajstić information content (AvgIpc) is 2.03. The Kier molecular flexibility index (Phi) is 3.28. The fraction of sp³-hybridized carbons (Fsp3) is 0.250. The van der Waals surface area contributed by atoms with E-state index in [9.17, 15) is 4.39 Å². The minimum Gasteiger partial charge on any atom is -0.493 e. The van der Waals surface area contributed by atoms with Gasteiger partial charge in [-0.05, 0) is 34.7 Å². The zero-order chi connectivity index (χ0) is 9.14. The number of benzene rings is 1. The predicted molar refractivity (Wildman–Crippen MR) is 53.6 cm³/mol. The summed E-state index contributed by atoms with van der Waals surface area (Å²) in [4.78, 5) is 0. The molecule has 4 heteroatoms. The topological polar surface area (TPSA) is 35.2 Å². The highest BCUT2D eigenvalue weighted by Crippen LogP contribution is 2.24. The molecule has 0 aliphatic carbocycles.